The molecule has 6 nitrogen and oxygen atoms in total. The van der Waals surface area contributed by atoms with Crippen LogP contribution in [0.15, 0.2) is 82.2 Å². The molecular formula is C23H20Cl2N4O2S. The van der Waals surface area contributed by atoms with Crippen molar-refractivity contribution in [3.63, 3.8) is 0 Å². The van der Waals surface area contributed by atoms with Crippen LogP contribution >= 0.6 is 23.2 Å². The van der Waals surface area contributed by atoms with Crippen molar-refractivity contribution in [3.8, 4) is 11.3 Å². The third kappa shape index (κ3) is 4.80. The summed E-state index contributed by atoms with van der Waals surface area (Å²) in [5.74, 6) is 0.0619. The number of rotatable bonds is 4. The van der Waals surface area contributed by atoms with Gasteiger partial charge < -0.3 is 5.32 Å². The predicted molar refractivity (Wildman–Crippen MR) is 130 cm³/mol. The van der Waals surface area contributed by atoms with E-state index in [1.54, 1.807) is 37.5 Å². The Morgan fingerprint density at radius 3 is 2.53 bits per heavy atom. The number of hydrogen-bond donors (Lipinski definition) is 1. The Labute approximate surface area is 196 Å². The van der Waals surface area contributed by atoms with E-state index >= 15 is 0 Å². The Hall–Kier alpha value is -2.87. The minimum atomic E-state index is -4.01. The Balaban J connectivity index is 1.83. The van der Waals surface area contributed by atoms with Crippen molar-refractivity contribution >= 4 is 44.8 Å². The molecule has 9 heteroatoms. The fourth-order valence-electron chi connectivity index (χ4n) is 3.32. The molecule has 0 unspecified atom stereocenters. The smallest absolute Gasteiger partial charge is 0.285 e. The summed E-state index contributed by atoms with van der Waals surface area (Å²) in [5, 5.41) is 8.45. The van der Waals surface area contributed by atoms with Crippen LogP contribution in [0, 0.1) is 0 Å². The van der Waals surface area contributed by atoms with Gasteiger partial charge in [0.2, 0.25) is 5.96 Å². The van der Waals surface area contributed by atoms with E-state index in [0.717, 1.165) is 29.5 Å². The fraction of sp³-hybridized carbons (Fsp3) is 0.130. The fourth-order valence-corrected chi connectivity index (χ4v) is 4.74. The van der Waals surface area contributed by atoms with Crippen molar-refractivity contribution in [3.05, 3.63) is 88.6 Å². The molecular weight excluding hydrogens is 467 g/mol. The number of sulfonamides is 1. The Bertz CT molecular complexity index is 1340. The maximum Gasteiger partial charge on any atom is 0.285 e. The van der Waals surface area contributed by atoms with E-state index in [0.29, 0.717) is 15.7 Å². The Morgan fingerprint density at radius 2 is 1.88 bits per heavy atom. The lowest BCUT2D eigenvalue weighted by atomic mass is 9.97. The molecule has 0 aliphatic heterocycles. The standard InChI is InChI=1S/C23H20Cl2N4O2S/c1-26-23(28-32(30,31)20-9-5-8-19(25)14-20)29-15-21(16-6-3-2-4-7-16)22(27-29)17-10-12-18(24)13-11-17/h3,5-15H,2,4H2,1H3,(H,26,28). The van der Waals surface area contributed by atoms with Crippen LogP contribution in [0.1, 0.15) is 18.4 Å². The van der Waals surface area contributed by atoms with Crippen molar-refractivity contribution in [1.29, 1.82) is 0 Å². The van der Waals surface area contributed by atoms with E-state index in [1.807, 2.05) is 18.2 Å². The van der Waals surface area contributed by atoms with Gasteiger partial charge in [0.15, 0.2) is 0 Å². The third-order valence-corrected chi connectivity index (χ3v) is 6.63. The van der Waals surface area contributed by atoms with Gasteiger partial charge in [-0.3, -0.25) is 0 Å². The molecule has 1 aromatic heterocycles. The average molecular weight is 487 g/mol. The molecule has 1 aliphatic carbocycles. The topological polar surface area (TPSA) is 76.3 Å². The first kappa shape index (κ1) is 22.3. The lowest BCUT2D eigenvalue weighted by molar-refractivity contribution is 0.597. The van der Waals surface area contributed by atoms with E-state index in [-0.39, 0.29) is 10.9 Å². The molecule has 1 aliphatic rings. The van der Waals surface area contributed by atoms with Crippen molar-refractivity contribution in [2.45, 2.75) is 17.7 Å². The SMILES string of the molecule is CNC(=NS(=O)(=O)c1cccc(Cl)c1)n1cc(C2=CCCC=C2)c(-c2ccc(Cl)cc2)n1. The van der Waals surface area contributed by atoms with Crippen LogP contribution < -0.4 is 5.32 Å². The molecule has 164 valence electrons. The van der Waals surface area contributed by atoms with Gasteiger partial charge in [-0.15, -0.1) is 4.40 Å². The summed E-state index contributed by atoms with van der Waals surface area (Å²) in [6.45, 7) is 0. The normalized spacial score (nSPS) is 14.3. The minimum absolute atomic E-state index is 0.000904. The molecule has 0 amide bonds. The third-order valence-electron chi connectivity index (χ3n) is 4.88. The summed E-state index contributed by atoms with van der Waals surface area (Å²) < 4.78 is 31.1. The molecule has 32 heavy (non-hydrogen) atoms. The molecule has 2 aromatic carbocycles. The summed E-state index contributed by atoms with van der Waals surface area (Å²) in [6, 6.07) is 13.3. The molecule has 0 bridgehead atoms. The highest BCUT2D eigenvalue weighted by Crippen LogP contribution is 2.31. The minimum Gasteiger partial charge on any atom is -0.357 e. The number of benzene rings is 2. The van der Waals surface area contributed by atoms with E-state index < -0.39 is 10.0 Å². The number of nitrogens with zero attached hydrogens (tertiary/aromatic N) is 3. The summed E-state index contributed by atoms with van der Waals surface area (Å²) in [5.41, 5.74) is 3.44. The van der Waals surface area contributed by atoms with Crippen LogP contribution in [0.3, 0.4) is 0 Å². The molecule has 0 saturated carbocycles. The summed E-state index contributed by atoms with van der Waals surface area (Å²) in [6.07, 6.45) is 9.97. The second-order valence-corrected chi connectivity index (χ2v) is 9.56. The first-order chi connectivity index (χ1) is 15.4. The van der Waals surface area contributed by atoms with Crippen molar-refractivity contribution in [2.75, 3.05) is 7.05 Å². The average Bonchev–Trinajstić information content (AvgIpc) is 3.24. The van der Waals surface area contributed by atoms with Gasteiger partial charge in [0.05, 0.1) is 4.90 Å². The highest BCUT2D eigenvalue weighted by molar-refractivity contribution is 7.90. The van der Waals surface area contributed by atoms with Crippen LogP contribution in [0.4, 0.5) is 0 Å². The summed E-state index contributed by atoms with van der Waals surface area (Å²) in [4.78, 5) is 0.000904. The van der Waals surface area contributed by atoms with Crippen LogP contribution in [-0.4, -0.2) is 31.2 Å². The lowest BCUT2D eigenvalue weighted by Crippen LogP contribution is -2.28. The maximum absolute atomic E-state index is 12.9. The van der Waals surface area contributed by atoms with Gasteiger partial charge in [-0.1, -0.05) is 59.6 Å². The summed E-state index contributed by atoms with van der Waals surface area (Å²) >= 11 is 12.0. The van der Waals surface area contributed by atoms with E-state index in [2.05, 4.69) is 27.0 Å². The molecule has 1 heterocycles. The Kier molecular flexibility index (Phi) is 6.50. The van der Waals surface area contributed by atoms with E-state index in [9.17, 15) is 8.42 Å². The van der Waals surface area contributed by atoms with Crippen LogP contribution in [0.5, 0.6) is 0 Å². The predicted octanol–water partition coefficient (Wildman–Crippen LogP) is 5.40. The largest absolute Gasteiger partial charge is 0.357 e. The molecule has 1 N–H and O–H groups in total. The van der Waals surface area contributed by atoms with Crippen molar-refractivity contribution in [1.82, 2.24) is 15.1 Å². The lowest BCUT2D eigenvalue weighted by Gasteiger charge is -2.07. The van der Waals surface area contributed by atoms with Gasteiger partial charge in [-0.05, 0) is 48.7 Å². The second-order valence-electron chi connectivity index (χ2n) is 7.08. The number of halogens is 2. The Morgan fingerprint density at radius 1 is 1.09 bits per heavy atom. The summed E-state index contributed by atoms with van der Waals surface area (Å²) in [7, 11) is -2.41. The zero-order chi connectivity index (χ0) is 22.7. The van der Waals surface area contributed by atoms with Gasteiger partial charge in [-0.2, -0.15) is 13.5 Å². The van der Waals surface area contributed by atoms with Gasteiger partial charge in [0.25, 0.3) is 10.0 Å². The number of hydrogen-bond acceptors (Lipinski definition) is 3. The van der Waals surface area contributed by atoms with Crippen LogP contribution in [-0.2, 0) is 10.0 Å². The quantitative estimate of drug-likeness (QED) is 0.395. The van der Waals surface area contributed by atoms with Gasteiger partial charge in [-0.25, -0.2) is 4.68 Å². The molecule has 3 aromatic rings. The molecule has 0 spiro atoms. The number of nitrogens with one attached hydrogen (secondary N) is 1. The first-order valence-electron chi connectivity index (χ1n) is 9.89. The van der Waals surface area contributed by atoms with Crippen molar-refractivity contribution in [2.24, 2.45) is 4.40 Å². The molecule has 0 fully saturated rings. The molecule has 0 atom stereocenters. The second kappa shape index (κ2) is 9.32. The first-order valence-corrected chi connectivity index (χ1v) is 12.1. The van der Waals surface area contributed by atoms with Gasteiger partial charge in [0.1, 0.15) is 5.69 Å². The zero-order valence-corrected chi connectivity index (χ0v) is 19.5. The van der Waals surface area contributed by atoms with Crippen molar-refractivity contribution < 1.29 is 8.42 Å². The zero-order valence-electron chi connectivity index (χ0n) is 17.2. The molecule has 0 radical (unpaired) electrons. The monoisotopic (exact) mass is 486 g/mol. The van der Waals surface area contributed by atoms with Gasteiger partial charge >= 0.3 is 0 Å². The van der Waals surface area contributed by atoms with Crippen LogP contribution in [0.2, 0.25) is 10.0 Å². The highest BCUT2D eigenvalue weighted by atomic mass is 35.5. The molecule has 0 saturated heterocycles. The van der Waals surface area contributed by atoms with E-state index in [1.165, 1.54) is 16.8 Å². The molecule has 4 rings (SSSR count). The maximum atomic E-state index is 12.9. The van der Waals surface area contributed by atoms with Gasteiger partial charge in [0, 0.05) is 34.4 Å². The highest BCUT2D eigenvalue weighted by Gasteiger charge is 2.20. The number of aromatic nitrogens is 2. The number of allylic oxidation sites excluding steroid dienone is 4. The van der Waals surface area contributed by atoms with E-state index in [4.69, 9.17) is 23.2 Å². The van der Waals surface area contributed by atoms with Crippen LogP contribution in [0.25, 0.3) is 16.8 Å².